The lowest BCUT2D eigenvalue weighted by molar-refractivity contribution is 0.0983. The zero-order valence-electron chi connectivity index (χ0n) is 14.9. The monoisotopic (exact) mass is 368 g/mol. The van der Waals surface area contributed by atoms with Crippen LogP contribution in [0.1, 0.15) is 23.0 Å². The number of anilines is 3. The zero-order valence-corrected chi connectivity index (χ0v) is 14.9. The van der Waals surface area contributed by atoms with Gasteiger partial charge in [0, 0.05) is 18.4 Å². The number of aryl methyl sites for hydroxylation is 1. The van der Waals surface area contributed by atoms with Crippen molar-refractivity contribution in [2.24, 2.45) is 0 Å². The topological polar surface area (TPSA) is 58.1 Å². The number of nitrogens with zero attached hydrogens (tertiary/aromatic N) is 3. The van der Waals surface area contributed by atoms with Crippen LogP contribution < -0.4 is 10.2 Å². The maximum absolute atomic E-state index is 13.8. The molecule has 0 saturated heterocycles. The molecule has 0 saturated carbocycles. The van der Waals surface area contributed by atoms with Crippen LogP contribution in [0.5, 0.6) is 0 Å². The average Bonchev–Trinajstić information content (AvgIpc) is 2.66. The molecule has 2 aromatic carbocycles. The number of benzene rings is 2. The van der Waals surface area contributed by atoms with Crippen LogP contribution in [0.4, 0.5) is 26.1 Å². The van der Waals surface area contributed by atoms with Gasteiger partial charge >= 0.3 is 0 Å². The highest BCUT2D eigenvalue weighted by molar-refractivity contribution is 6.04. The van der Waals surface area contributed by atoms with Gasteiger partial charge in [-0.3, -0.25) is 4.79 Å². The Labute approximate surface area is 155 Å². The fraction of sp³-hybridized carbons (Fsp3) is 0.150. The fourth-order valence-corrected chi connectivity index (χ4v) is 2.64. The Bertz CT molecular complexity index is 957. The molecule has 3 rings (SSSR count). The lowest BCUT2D eigenvalue weighted by atomic mass is 10.2. The van der Waals surface area contributed by atoms with Gasteiger partial charge in [-0.15, -0.1) is 0 Å². The summed E-state index contributed by atoms with van der Waals surface area (Å²) in [5.74, 6) is -1.94. The van der Waals surface area contributed by atoms with Crippen molar-refractivity contribution in [3.05, 3.63) is 77.6 Å². The highest BCUT2D eigenvalue weighted by atomic mass is 19.1. The molecule has 3 aromatic rings. The number of carbonyl (C=O) groups is 1. The number of amides is 1. The molecule has 1 amide bonds. The van der Waals surface area contributed by atoms with Crippen LogP contribution in [0.3, 0.4) is 0 Å². The van der Waals surface area contributed by atoms with Crippen molar-refractivity contribution in [3.8, 4) is 0 Å². The number of rotatable bonds is 5. The van der Waals surface area contributed by atoms with Crippen LogP contribution in [0.25, 0.3) is 0 Å². The first kappa shape index (κ1) is 18.4. The van der Waals surface area contributed by atoms with Gasteiger partial charge in [-0.1, -0.05) is 18.2 Å². The van der Waals surface area contributed by atoms with Gasteiger partial charge in [0.1, 0.15) is 23.0 Å². The van der Waals surface area contributed by atoms with E-state index >= 15 is 0 Å². The minimum atomic E-state index is -0.773. The summed E-state index contributed by atoms with van der Waals surface area (Å²) < 4.78 is 27.6. The number of halogens is 2. The molecule has 0 aliphatic heterocycles. The summed E-state index contributed by atoms with van der Waals surface area (Å²) in [5.41, 5.74) is 1.52. The van der Waals surface area contributed by atoms with Crippen molar-refractivity contribution in [2.45, 2.75) is 13.8 Å². The number of carbonyl (C=O) groups excluding carboxylic acids is 1. The molecule has 138 valence electrons. The van der Waals surface area contributed by atoms with Crippen LogP contribution in [-0.4, -0.2) is 22.4 Å². The van der Waals surface area contributed by atoms with Gasteiger partial charge in [-0.05, 0) is 49.7 Å². The first-order valence-corrected chi connectivity index (χ1v) is 8.42. The summed E-state index contributed by atoms with van der Waals surface area (Å²) >= 11 is 0. The molecule has 0 aliphatic carbocycles. The molecule has 7 heteroatoms. The molecule has 0 spiro atoms. The predicted octanol–water partition coefficient (Wildman–Crippen LogP) is 4.47. The van der Waals surface area contributed by atoms with Crippen molar-refractivity contribution >= 4 is 23.2 Å². The van der Waals surface area contributed by atoms with Gasteiger partial charge in [0.2, 0.25) is 5.95 Å². The van der Waals surface area contributed by atoms with Crippen molar-refractivity contribution in [1.29, 1.82) is 0 Å². The number of para-hydroxylation sites is 1. The third-order valence-electron chi connectivity index (χ3n) is 3.95. The molecule has 1 heterocycles. The van der Waals surface area contributed by atoms with E-state index < -0.39 is 11.6 Å². The van der Waals surface area contributed by atoms with Crippen LogP contribution in [-0.2, 0) is 0 Å². The summed E-state index contributed by atoms with van der Waals surface area (Å²) in [6.07, 6.45) is 1.37. The Kier molecular flexibility index (Phi) is 5.40. The molecule has 0 unspecified atom stereocenters. The van der Waals surface area contributed by atoms with Crippen LogP contribution in [0.2, 0.25) is 0 Å². The van der Waals surface area contributed by atoms with E-state index in [0.717, 1.165) is 23.4 Å². The quantitative estimate of drug-likeness (QED) is 0.722. The third kappa shape index (κ3) is 4.08. The summed E-state index contributed by atoms with van der Waals surface area (Å²) in [4.78, 5) is 22.5. The molecule has 0 bridgehead atoms. The van der Waals surface area contributed by atoms with E-state index in [1.807, 2.05) is 38.1 Å². The van der Waals surface area contributed by atoms with Crippen LogP contribution in [0, 0.1) is 18.6 Å². The van der Waals surface area contributed by atoms with E-state index in [1.165, 1.54) is 18.3 Å². The molecular weight excluding hydrogens is 350 g/mol. The van der Waals surface area contributed by atoms with E-state index in [0.29, 0.717) is 6.54 Å². The van der Waals surface area contributed by atoms with E-state index in [9.17, 15) is 13.6 Å². The zero-order chi connectivity index (χ0) is 19.4. The van der Waals surface area contributed by atoms with E-state index in [4.69, 9.17) is 0 Å². The van der Waals surface area contributed by atoms with Crippen molar-refractivity contribution in [2.75, 3.05) is 16.8 Å². The number of aromatic nitrogens is 2. The van der Waals surface area contributed by atoms with Crippen LogP contribution >= 0.6 is 0 Å². The molecule has 0 fully saturated rings. The second-order valence-corrected chi connectivity index (χ2v) is 5.88. The Morgan fingerprint density at radius 3 is 2.48 bits per heavy atom. The minimum absolute atomic E-state index is 0.0647. The summed E-state index contributed by atoms with van der Waals surface area (Å²) in [5, 5.41) is 2.50. The van der Waals surface area contributed by atoms with Gasteiger partial charge < -0.3 is 10.2 Å². The first-order valence-electron chi connectivity index (χ1n) is 8.42. The maximum Gasteiger partial charge on any atom is 0.277 e. The summed E-state index contributed by atoms with van der Waals surface area (Å²) in [6, 6.07) is 12.5. The molecule has 1 aromatic heterocycles. The Morgan fingerprint density at radius 1 is 1.11 bits per heavy atom. The molecule has 0 radical (unpaired) electrons. The third-order valence-corrected chi connectivity index (χ3v) is 3.95. The lowest BCUT2D eigenvalue weighted by Gasteiger charge is -2.21. The van der Waals surface area contributed by atoms with Gasteiger partial charge in [-0.25, -0.2) is 18.7 Å². The van der Waals surface area contributed by atoms with Gasteiger partial charge in [0.15, 0.2) is 0 Å². The number of hydrogen-bond acceptors (Lipinski definition) is 4. The Balaban J connectivity index is 1.89. The first-order chi connectivity index (χ1) is 13.0. The summed E-state index contributed by atoms with van der Waals surface area (Å²) in [6.45, 7) is 4.24. The predicted molar refractivity (Wildman–Crippen MR) is 100 cm³/mol. The van der Waals surface area contributed by atoms with Crippen molar-refractivity contribution in [1.82, 2.24) is 9.97 Å². The number of nitrogens with one attached hydrogen (secondary N) is 1. The van der Waals surface area contributed by atoms with Gasteiger partial charge in [-0.2, -0.15) is 0 Å². The maximum atomic E-state index is 13.8. The molecule has 0 atom stereocenters. The fourth-order valence-electron chi connectivity index (χ4n) is 2.64. The van der Waals surface area contributed by atoms with Gasteiger partial charge in [0.05, 0.1) is 0 Å². The second-order valence-electron chi connectivity index (χ2n) is 5.88. The van der Waals surface area contributed by atoms with E-state index in [1.54, 1.807) is 4.90 Å². The molecule has 27 heavy (non-hydrogen) atoms. The second kappa shape index (κ2) is 7.90. The largest absolute Gasteiger partial charge is 0.319 e. The Morgan fingerprint density at radius 2 is 1.81 bits per heavy atom. The number of hydrogen-bond donors (Lipinski definition) is 1. The molecule has 5 nitrogen and oxygen atoms in total. The van der Waals surface area contributed by atoms with E-state index in [-0.39, 0.29) is 23.2 Å². The normalized spacial score (nSPS) is 10.5. The van der Waals surface area contributed by atoms with Crippen molar-refractivity contribution in [3.63, 3.8) is 0 Å². The van der Waals surface area contributed by atoms with Gasteiger partial charge in [0.25, 0.3) is 5.91 Å². The Hall–Kier alpha value is -3.35. The summed E-state index contributed by atoms with van der Waals surface area (Å²) in [7, 11) is 0. The average molecular weight is 368 g/mol. The molecule has 1 N–H and O–H groups in total. The molecular formula is C20H18F2N4O. The van der Waals surface area contributed by atoms with Crippen LogP contribution in [0.15, 0.2) is 54.7 Å². The highest BCUT2D eigenvalue weighted by Gasteiger charge is 2.19. The van der Waals surface area contributed by atoms with E-state index in [2.05, 4.69) is 15.3 Å². The SMILES string of the molecule is CCN(C(=O)c1ccnc(Nc2c(F)cccc2F)n1)c1cccc(C)c1. The highest BCUT2D eigenvalue weighted by Crippen LogP contribution is 2.22. The minimum Gasteiger partial charge on any atom is -0.319 e. The van der Waals surface area contributed by atoms with Crippen molar-refractivity contribution < 1.29 is 13.6 Å². The lowest BCUT2D eigenvalue weighted by Crippen LogP contribution is -2.31. The standard InChI is InChI=1S/C20H18F2N4O/c1-3-26(14-7-4-6-13(2)12-14)19(27)17-10-11-23-20(24-17)25-18-15(21)8-5-9-16(18)22/h4-12H,3H2,1-2H3,(H,23,24,25). The smallest absolute Gasteiger partial charge is 0.277 e. The molecule has 0 aliphatic rings.